The third-order valence-electron chi connectivity index (χ3n) is 2.41. The van der Waals surface area contributed by atoms with Gasteiger partial charge in [-0.1, -0.05) is 30.3 Å². The van der Waals surface area contributed by atoms with Crippen LogP contribution in [0.2, 0.25) is 0 Å². The smallest absolute Gasteiger partial charge is 0.405 e. The SMILES string of the molecule is CN(Cc1ccccc1)CC(C)(C)NC(=O)O. The molecule has 17 heavy (non-hydrogen) atoms. The molecule has 2 N–H and O–H groups in total. The van der Waals surface area contributed by atoms with E-state index in [1.165, 1.54) is 5.56 Å². The Kier molecular flexibility index (Phi) is 4.52. The van der Waals surface area contributed by atoms with E-state index in [1.807, 2.05) is 39.1 Å². The van der Waals surface area contributed by atoms with Gasteiger partial charge in [-0.25, -0.2) is 4.79 Å². The van der Waals surface area contributed by atoms with Gasteiger partial charge in [0, 0.05) is 13.1 Å². The van der Waals surface area contributed by atoms with Gasteiger partial charge >= 0.3 is 6.09 Å². The Labute approximate surface area is 102 Å². The van der Waals surface area contributed by atoms with Crippen LogP contribution in [-0.2, 0) is 6.54 Å². The van der Waals surface area contributed by atoms with E-state index in [0.717, 1.165) is 6.54 Å². The molecule has 0 aliphatic rings. The number of rotatable bonds is 5. The molecule has 1 amide bonds. The van der Waals surface area contributed by atoms with Crippen LogP contribution >= 0.6 is 0 Å². The zero-order chi connectivity index (χ0) is 12.9. The Morgan fingerprint density at radius 3 is 2.47 bits per heavy atom. The zero-order valence-corrected chi connectivity index (χ0v) is 10.6. The van der Waals surface area contributed by atoms with Crippen LogP contribution in [0, 0.1) is 0 Å². The van der Waals surface area contributed by atoms with Gasteiger partial charge in [0.25, 0.3) is 0 Å². The van der Waals surface area contributed by atoms with Gasteiger partial charge in [0.05, 0.1) is 5.54 Å². The molecular weight excluding hydrogens is 216 g/mol. The van der Waals surface area contributed by atoms with E-state index in [4.69, 9.17) is 5.11 Å². The van der Waals surface area contributed by atoms with Gasteiger partial charge in [0.2, 0.25) is 0 Å². The number of carbonyl (C=O) groups is 1. The maximum absolute atomic E-state index is 10.6. The van der Waals surface area contributed by atoms with Gasteiger partial charge in [0.1, 0.15) is 0 Å². The standard InChI is InChI=1S/C13H20N2O2/c1-13(2,14-12(16)17)10-15(3)9-11-7-5-4-6-8-11/h4-8,14H,9-10H2,1-3H3,(H,16,17). The van der Waals surface area contributed by atoms with Crippen LogP contribution < -0.4 is 5.32 Å². The molecular formula is C13H20N2O2. The van der Waals surface area contributed by atoms with Crippen LogP contribution in [0.15, 0.2) is 30.3 Å². The first kappa shape index (κ1) is 13.5. The summed E-state index contributed by atoms with van der Waals surface area (Å²) in [7, 11) is 1.98. The summed E-state index contributed by atoms with van der Waals surface area (Å²) in [5.41, 5.74) is 0.774. The summed E-state index contributed by atoms with van der Waals surface area (Å²) in [6.45, 7) is 5.23. The number of likely N-dealkylation sites (N-methyl/N-ethyl adjacent to an activating group) is 1. The maximum Gasteiger partial charge on any atom is 0.405 e. The topological polar surface area (TPSA) is 52.6 Å². The van der Waals surface area contributed by atoms with Gasteiger partial charge in [-0.3, -0.25) is 4.90 Å². The number of nitrogens with zero attached hydrogens (tertiary/aromatic N) is 1. The number of benzene rings is 1. The first-order chi connectivity index (χ1) is 7.89. The molecule has 4 nitrogen and oxygen atoms in total. The fourth-order valence-electron chi connectivity index (χ4n) is 1.95. The zero-order valence-electron chi connectivity index (χ0n) is 10.6. The lowest BCUT2D eigenvalue weighted by molar-refractivity contribution is 0.169. The van der Waals surface area contributed by atoms with Gasteiger partial charge in [-0.05, 0) is 26.5 Å². The molecule has 0 aromatic heterocycles. The largest absolute Gasteiger partial charge is 0.465 e. The summed E-state index contributed by atoms with van der Waals surface area (Å²) >= 11 is 0. The van der Waals surface area contributed by atoms with Crippen LogP contribution in [0.3, 0.4) is 0 Å². The lowest BCUT2D eigenvalue weighted by Gasteiger charge is -2.30. The molecule has 1 rings (SSSR count). The quantitative estimate of drug-likeness (QED) is 0.823. The van der Waals surface area contributed by atoms with Gasteiger partial charge in [0.15, 0.2) is 0 Å². The van der Waals surface area contributed by atoms with Crippen molar-refractivity contribution in [3.05, 3.63) is 35.9 Å². The Morgan fingerprint density at radius 2 is 1.94 bits per heavy atom. The van der Waals surface area contributed by atoms with Crippen molar-refractivity contribution in [2.45, 2.75) is 25.9 Å². The first-order valence-electron chi connectivity index (χ1n) is 5.63. The fraction of sp³-hybridized carbons (Fsp3) is 0.462. The minimum atomic E-state index is -0.983. The van der Waals surface area contributed by atoms with Crippen molar-refractivity contribution in [3.63, 3.8) is 0 Å². The number of amides is 1. The van der Waals surface area contributed by atoms with Crippen molar-refractivity contribution in [1.82, 2.24) is 10.2 Å². The molecule has 0 saturated heterocycles. The molecule has 0 heterocycles. The molecule has 0 spiro atoms. The van der Waals surface area contributed by atoms with Crippen molar-refractivity contribution < 1.29 is 9.90 Å². The second kappa shape index (κ2) is 5.68. The van der Waals surface area contributed by atoms with E-state index < -0.39 is 11.6 Å². The number of hydrogen-bond donors (Lipinski definition) is 2. The van der Waals surface area contributed by atoms with Crippen molar-refractivity contribution >= 4 is 6.09 Å². The minimum Gasteiger partial charge on any atom is -0.465 e. The van der Waals surface area contributed by atoms with E-state index in [-0.39, 0.29) is 0 Å². The molecule has 4 heteroatoms. The molecule has 0 aliphatic carbocycles. The summed E-state index contributed by atoms with van der Waals surface area (Å²) in [6, 6.07) is 10.1. The Balaban J connectivity index is 2.49. The lowest BCUT2D eigenvalue weighted by atomic mass is 10.1. The van der Waals surface area contributed by atoms with E-state index in [2.05, 4.69) is 22.3 Å². The summed E-state index contributed by atoms with van der Waals surface area (Å²) in [4.78, 5) is 12.7. The maximum atomic E-state index is 10.6. The third kappa shape index (κ3) is 5.36. The van der Waals surface area contributed by atoms with Gasteiger partial charge < -0.3 is 10.4 Å². The number of hydrogen-bond acceptors (Lipinski definition) is 2. The van der Waals surface area contributed by atoms with Crippen LogP contribution in [0.1, 0.15) is 19.4 Å². The van der Waals surface area contributed by atoms with E-state index in [1.54, 1.807) is 0 Å². The van der Waals surface area contributed by atoms with Crippen LogP contribution in [0.5, 0.6) is 0 Å². The van der Waals surface area contributed by atoms with Crippen LogP contribution in [0.4, 0.5) is 4.79 Å². The summed E-state index contributed by atoms with van der Waals surface area (Å²) in [5, 5.41) is 11.2. The third-order valence-corrected chi connectivity index (χ3v) is 2.41. The van der Waals surface area contributed by atoms with Gasteiger partial charge in [-0.15, -0.1) is 0 Å². The molecule has 0 saturated carbocycles. The molecule has 1 aromatic rings. The fourth-order valence-corrected chi connectivity index (χ4v) is 1.95. The second-order valence-corrected chi connectivity index (χ2v) is 4.97. The number of nitrogens with one attached hydrogen (secondary N) is 1. The monoisotopic (exact) mass is 236 g/mol. The molecule has 0 bridgehead atoms. The molecule has 0 fully saturated rings. The summed E-state index contributed by atoms with van der Waals surface area (Å²) < 4.78 is 0. The predicted molar refractivity (Wildman–Crippen MR) is 68.0 cm³/mol. The highest BCUT2D eigenvalue weighted by Crippen LogP contribution is 2.08. The first-order valence-corrected chi connectivity index (χ1v) is 5.63. The number of carboxylic acid groups (broad SMARTS) is 1. The van der Waals surface area contributed by atoms with Crippen molar-refractivity contribution in [2.75, 3.05) is 13.6 Å². The Hall–Kier alpha value is -1.55. The van der Waals surface area contributed by atoms with Crippen molar-refractivity contribution in [3.8, 4) is 0 Å². The second-order valence-electron chi connectivity index (χ2n) is 4.97. The van der Waals surface area contributed by atoms with Crippen molar-refractivity contribution in [2.24, 2.45) is 0 Å². The molecule has 0 aliphatic heterocycles. The Bertz CT molecular complexity index is 363. The van der Waals surface area contributed by atoms with E-state index in [0.29, 0.717) is 6.54 Å². The highest BCUT2D eigenvalue weighted by atomic mass is 16.4. The highest BCUT2D eigenvalue weighted by molar-refractivity contribution is 5.65. The molecule has 0 unspecified atom stereocenters. The van der Waals surface area contributed by atoms with Crippen LogP contribution in [0.25, 0.3) is 0 Å². The average Bonchev–Trinajstić information content (AvgIpc) is 2.15. The molecule has 94 valence electrons. The van der Waals surface area contributed by atoms with Crippen LogP contribution in [-0.4, -0.2) is 35.2 Å². The average molecular weight is 236 g/mol. The minimum absolute atomic E-state index is 0.449. The summed E-state index contributed by atoms with van der Waals surface area (Å²) in [6.07, 6.45) is -0.983. The van der Waals surface area contributed by atoms with E-state index >= 15 is 0 Å². The molecule has 1 aromatic carbocycles. The molecule has 0 atom stereocenters. The Morgan fingerprint density at radius 1 is 1.35 bits per heavy atom. The molecule has 0 radical (unpaired) electrons. The predicted octanol–water partition coefficient (Wildman–Crippen LogP) is 2.16. The van der Waals surface area contributed by atoms with Crippen molar-refractivity contribution in [1.29, 1.82) is 0 Å². The van der Waals surface area contributed by atoms with E-state index in [9.17, 15) is 4.79 Å². The highest BCUT2D eigenvalue weighted by Gasteiger charge is 2.21. The summed E-state index contributed by atoms with van der Waals surface area (Å²) in [5.74, 6) is 0. The lowest BCUT2D eigenvalue weighted by Crippen LogP contribution is -2.50. The van der Waals surface area contributed by atoms with Gasteiger partial charge in [-0.2, -0.15) is 0 Å². The normalized spacial score (nSPS) is 11.5.